The first-order valence-electron chi connectivity index (χ1n) is 8.33. The lowest BCUT2D eigenvalue weighted by Crippen LogP contribution is -2.46. The second-order valence-corrected chi connectivity index (χ2v) is 6.23. The van der Waals surface area contributed by atoms with Gasteiger partial charge < -0.3 is 15.8 Å². The Balaban J connectivity index is 1.78. The highest BCUT2D eigenvalue weighted by Crippen LogP contribution is 2.27. The van der Waals surface area contributed by atoms with E-state index in [1.807, 2.05) is 30.3 Å². The zero-order valence-corrected chi connectivity index (χ0v) is 13.7. The first kappa shape index (κ1) is 18.0. The van der Waals surface area contributed by atoms with Crippen LogP contribution in [0, 0.1) is 5.92 Å². The summed E-state index contributed by atoms with van der Waals surface area (Å²) in [7, 11) is 0. The lowest BCUT2D eigenvalue weighted by molar-refractivity contribution is -0.147. The van der Waals surface area contributed by atoms with Gasteiger partial charge in [-0.05, 0) is 24.3 Å². The molecule has 0 saturated heterocycles. The minimum Gasteiger partial charge on any atom is -0.461 e. The Labute approximate surface area is 141 Å². The van der Waals surface area contributed by atoms with Crippen molar-refractivity contribution < 1.29 is 19.1 Å². The van der Waals surface area contributed by atoms with E-state index in [4.69, 9.17) is 10.5 Å². The van der Waals surface area contributed by atoms with Gasteiger partial charge in [-0.25, -0.2) is 0 Å². The van der Waals surface area contributed by atoms with Crippen LogP contribution in [0.4, 0.5) is 0 Å². The van der Waals surface area contributed by atoms with Crippen LogP contribution in [0.2, 0.25) is 0 Å². The highest BCUT2D eigenvalue weighted by atomic mass is 16.5. The summed E-state index contributed by atoms with van der Waals surface area (Å²) < 4.78 is 5.13. The van der Waals surface area contributed by atoms with Crippen molar-refractivity contribution in [3.63, 3.8) is 0 Å². The summed E-state index contributed by atoms with van der Waals surface area (Å²) in [5, 5.41) is 2.56. The Kier molecular flexibility index (Phi) is 6.78. The lowest BCUT2D eigenvalue weighted by atomic mass is 10.0. The lowest BCUT2D eigenvalue weighted by Gasteiger charge is -2.16. The van der Waals surface area contributed by atoms with Gasteiger partial charge in [0.05, 0.1) is 6.42 Å². The molecular formula is C18H24N2O4. The fourth-order valence-electron chi connectivity index (χ4n) is 2.92. The predicted octanol–water partition coefficient (Wildman–Crippen LogP) is 1.67. The van der Waals surface area contributed by atoms with Crippen LogP contribution >= 0.6 is 0 Å². The molecule has 130 valence electrons. The van der Waals surface area contributed by atoms with Crippen LogP contribution in [0.5, 0.6) is 0 Å². The largest absolute Gasteiger partial charge is 0.461 e. The normalized spacial score (nSPS) is 15.7. The first-order valence-corrected chi connectivity index (χ1v) is 8.33. The van der Waals surface area contributed by atoms with Crippen molar-refractivity contribution in [1.29, 1.82) is 0 Å². The molecule has 2 amide bonds. The van der Waals surface area contributed by atoms with Crippen LogP contribution in [0.3, 0.4) is 0 Å². The molecular weight excluding hydrogens is 308 g/mol. The Morgan fingerprint density at radius 3 is 2.46 bits per heavy atom. The Morgan fingerprint density at radius 1 is 1.17 bits per heavy atom. The number of nitrogens with one attached hydrogen (secondary N) is 1. The standard InChI is InChI=1S/C18H24N2O4/c19-18(23)15(20-16(21)10-13-6-4-5-7-13)11-17(22)24-12-14-8-2-1-3-9-14/h1-3,8-9,13,15H,4-7,10-12H2,(H2,19,23)(H,20,21)/t15-/m1/s1. The molecule has 0 aromatic heterocycles. The number of benzene rings is 1. The summed E-state index contributed by atoms with van der Waals surface area (Å²) in [4.78, 5) is 35.4. The summed E-state index contributed by atoms with van der Waals surface area (Å²) in [5.41, 5.74) is 6.14. The number of hydrogen-bond donors (Lipinski definition) is 2. The SMILES string of the molecule is NC(=O)[C@@H](CC(=O)OCc1ccccc1)NC(=O)CC1CCCC1. The maximum absolute atomic E-state index is 12.0. The van der Waals surface area contributed by atoms with Crippen LogP contribution < -0.4 is 11.1 Å². The van der Waals surface area contributed by atoms with Gasteiger partial charge in [-0.1, -0.05) is 43.2 Å². The topological polar surface area (TPSA) is 98.5 Å². The van der Waals surface area contributed by atoms with Crippen LogP contribution in [0.15, 0.2) is 30.3 Å². The summed E-state index contributed by atoms with van der Waals surface area (Å²) in [6.07, 6.45) is 4.48. The van der Waals surface area contributed by atoms with E-state index in [1.54, 1.807) is 0 Å². The molecule has 24 heavy (non-hydrogen) atoms. The minimum atomic E-state index is -1.03. The quantitative estimate of drug-likeness (QED) is 0.707. The molecule has 6 heteroatoms. The van der Waals surface area contributed by atoms with Crippen molar-refractivity contribution in [1.82, 2.24) is 5.32 Å². The first-order chi connectivity index (χ1) is 11.5. The van der Waals surface area contributed by atoms with E-state index in [-0.39, 0.29) is 18.9 Å². The smallest absolute Gasteiger partial charge is 0.308 e. The second-order valence-electron chi connectivity index (χ2n) is 6.23. The number of rotatable bonds is 8. The average molecular weight is 332 g/mol. The molecule has 1 fully saturated rings. The van der Waals surface area contributed by atoms with Crippen molar-refractivity contribution in [3.8, 4) is 0 Å². The van der Waals surface area contributed by atoms with E-state index >= 15 is 0 Å². The minimum absolute atomic E-state index is 0.126. The van der Waals surface area contributed by atoms with Gasteiger partial charge in [0.2, 0.25) is 11.8 Å². The Morgan fingerprint density at radius 2 is 1.83 bits per heavy atom. The zero-order chi connectivity index (χ0) is 17.4. The van der Waals surface area contributed by atoms with E-state index in [0.717, 1.165) is 31.2 Å². The Bertz CT molecular complexity index is 568. The van der Waals surface area contributed by atoms with Crippen molar-refractivity contribution in [2.75, 3.05) is 0 Å². The number of amides is 2. The molecule has 0 spiro atoms. The number of carbonyl (C=O) groups excluding carboxylic acids is 3. The number of primary amides is 1. The summed E-state index contributed by atoms with van der Waals surface area (Å²) in [6.45, 7) is 0.126. The van der Waals surface area contributed by atoms with Gasteiger partial charge in [-0.2, -0.15) is 0 Å². The maximum atomic E-state index is 12.0. The van der Waals surface area contributed by atoms with Gasteiger partial charge in [0.15, 0.2) is 0 Å². The molecule has 6 nitrogen and oxygen atoms in total. The van der Waals surface area contributed by atoms with Gasteiger partial charge in [0.25, 0.3) is 0 Å². The molecule has 0 radical (unpaired) electrons. The third-order valence-electron chi connectivity index (χ3n) is 4.24. The van der Waals surface area contributed by atoms with Crippen molar-refractivity contribution in [2.45, 2.75) is 51.2 Å². The van der Waals surface area contributed by atoms with Crippen LogP contribution in [-0.4, -0.2) is 23.8 Å². The van der Waals surface area contributed by atoms with E-state index in [0.29, 0.717) is 12.3 Å². The van der Waals surface area contributed by atoms with Crippen molar-refractivity contribution >= 4 is 17.8 Å². The fraction of sp³-hybridized carbons (Fsp3) is 0.500. The van der Waals surface area contributed by atoms with Crippen LogP contribution in [0.25, 0.3) is 0 Å². The molecule has 3 N–H and O–H groups in total. The number of ether oxygens (including phenoxy) is 1. The van der Waals surface area contributed by atoms with E-state index in [9.17, 15) is 14.4 Å². The molecule has 0 heterocycles. The van der Waals surface area contributed by atoms with Crippen LogP contribution in [-0.2, 0) is 25.7 Å². The summed E-state index contributed by atoms with van der Waals surface area (Å²) in [6, 6.07) is 8.21. The molecule has 2 rings (SSSR count). The van der Waals surface area contributed by atoms with E-state index in [1.165, 1.54) is 0 Å². The van der Waals surface area contributed by atoms with E-state index in [2.05, 4.69) is 5.32 Å². The zero-order valence-electron chi connectivity index (χ0n) is 13.7. The molecule has 0 unspecified atom stereocenters. The van der Waals surface area contributed by atoms with Gasteiger partial charge in [-0.15, -0.1) is 0 Å². The molecule has 1 aromatic rings. The third kappa shape index (κ3) is 6.02. The molecule has 0 bridgehead atoms. The number of hydrogen-bond acceptors (Lipinski definition) is 4. The van der Waals surface area contributed by atoms with Crippen LogP contribution in [0.1, 0.15) is 44.1 Å². The molecule has 1 aliphatic rings. The van der Waals surface area contributed by atoms with Crippen molar-refractivity contribution in [3.05, 3.63) is 35.9 Å². The monoisotopic (exact) mass is 332 g/mol. The maximum Gasteiger partial charge on any atom is 0.308 e. The van der Waals surface area contributed by atoms with Gasteiger partial charge in [0.1, 0.15) is 12.6 Å². The van der Waals surface area contributed by atoms with Gasteiger partial charge in [0, 0.05) is 6.42 Å². The summed E-state index contributed by atoms with van der Waals surface area (Å²) in [5.74, 6) is -1.17. The van der Waals surface area contributed by atoms with Crippen molar-refractivity contribution in [2.24, 2.45) is 11.7 Å². The highest BCUT2D eigenvalue weighted by molar-refractivity contribution is 5.90. The number of nitrogens with two attached hydrogens (primary N) is 1. The summed E-state index contributed by atoms with van der Waals surface area (Å²) >= 11 is 0. The van der Waals surface area contributed by atoms with Gasteiger partial charge in [-0.3, -0.25) is 14.4 Å². The molecule has 1 saturated carbocycles. The molecule has 1 aromatic carbocycles. The number of carbonyl (C=O) groups is 3. The van der Waals surface area contributed by atoms with E-state index < -0.39 is 17.9 Å². The van der Waals surface area contributed by atoms with Gasteiger partial charge >= 0.3 is 5.97 Å². The Hall–Kier alpha value is -2.37. The average Bonchev–Trinajstić information content (AvgIpc) is 3.06. The fourth-order valence-corrected chi connectivity index (χ4v) is 2.92. The third-order valence-corrected chi connectivity index (χ3v) is 4.24. The second kappa shape index (κ2) is 9.05. The highest BCUT2D eigenvalue weighted by Gasteiger charge is 2.25. The molecule has 1 atom stereocenters. The molecule has 1 aliphatic carbocycles. The predicted molar refractivity (Wildman–Crippen MR) is 88.6 cm³/mol. The molecule has 0 aliphatic heterocycles. The number of esters is 1.